The third-order valence-corrected chi connectivity index (χ3v) is 5.50. The topological polar surface area (TPSA) is 30.5 Å². The maximum atomic E-state index is 3.46. The molecule has 4 heteroatoms. The number of hydrogen-bond donors (Lipinski definition) is 2. The van der Waals surface area contributed by atoms with Crippen LogP contribution in [0.4, 0.5) is 0 Å². The molecule has 0 spiro atoms. The van der Waals surface area contributed by atoms with E-state index in [-0.39, 0.29) is 0 Å². The first-order valence-corrected chi connectivity index (χ1v) is 12.5. The van der Waals surface area contributed by atoms with Crippen LogP contribution in [0.15, 0.2) is 0 Å². The van der Waals surface area contributed by atoms with E-state index in [0.717, 1.165) is 32.2 Å². The van der Waals surface area contributed by atoms with Gasteiger partial charge in [-0.05, 0) is 58.4 Å². The molecule has 2 N–H and O–H groups in total. The van der Waals surface area contributed by atoms with Gasteiger partial charge >= 0.3 is 0 Å². The summed E-state index contributed by atoms with van der Waals surface area (Å²) >= 11 is 0. The molecule has 0 aromatic heterocycles. The van der Waals surface area contributed by atoms with Crippen molar-refractivity contribution >= 4 is 0 Å². The quantitative estimate of drug-likeness (QED) is 0.299. The maximum Gasteiger partial charge on any atom is 0.0110 e. The third kappa shape index (κ3) is 19.2. The first-order valence-electron chi connectivity index (χ1n) is 12.5. The highest BCUT2D eigenvalue weighted by molar-refractivity contribution is 4.68. The Balaban J connectivity index is 0. The van der Waals surface area contributed by atoms with Gasteiger partial charge in [0.2, 0.25) is 0 Å². The van der Waals surface area contributed by atoms with Gasteiger partial charge in [-0.25, -0.2) is 0 Å². The standard InChI is InChI=1S/2C12H28N2/c1-5-9-13-10-11-14(8-4)12(6-2)7-3;1-4-7-8-9-11-14(6-3)12-10-13-5-2/h12-13H,5-11H2,1-4H3;13H,4-12H2,1-3H3. The molecule has 0 radical (unpaired) electrons. The Bertz CT molecular complexity index is 269. The lowest BCUT2D eigenvalue weighted by atomic mass is 10.1. The van der Waals surface area contributed by atoms with Gasteiger partial charge in [-0.3, -0.25) is 4.90 Å². The number of unbranched alkanes of at least 4 members (excludes halogenated alkanes) is 3. The summed E-state index contributed by atoms with van der Waals surface area (Å²) in [7, 11) is 0. The number of likely N-dealkylation sites (N-methyl/N-ethyl adjacent to an activating group) is 3. The van der Waals surface area contributed by atoms with Gasteiger partial charge in [-0.1, -0.05) is 67.7 Å². The minimum atomic E-state index is 0.781. The first kappa shape index (κ1) is 30.0. The van der Waals surface area contributed by atoms with Crippen LogP contribution in [0.1, 0.15) is 93.4 Å². The van der Waals surface area contributed by atoms with Gasteiger partial charge in [-0.15, -0.1) is 0 Å². The van der Waals surface area contributed by atoms with Crippen LogP contribution in [0.25, 0.3) is 0 Å². The lowest BCUT2D eigenvalue weighted by Gasteiger charge is -2.29. The molecule has 0 aliphatic heterocycles. The fraction of sp³-hybridized carbons (Fsp3) is 1.00. The molecule has 4 nitrogen and oxygen atoms in total. The van der Waals surface area contributed by atoms with Gasteiger partial charge in [0.1, 0.15) is 0 Å². The van der Waals surface area contributed by atoms with Gasteiger partial charge in [0.05, 0.1) is 0 Å². The van der Waals surface area contributed by atoms with E-state index in [1.165, 1.54) is 77.7 Å². The van der Waals surface area contributed by atoms with Gasteiger partial charge in [0.15, 0.2) is 0 Å². The van der Waals surface area contributed by atoms with Crippen molar-refractivity contribution in [1.82, 2.24) is 20.4 Å². The second kappa shape index (κ2) is 24.9. The molecule has 0 amide bonds. The van der Waals surface area contributed by atoms with Crippen molar-refractivity contribution < 1.29 is 0 Å². The Morgan fingerprint density at radius 2 is 1.29 bits per heavy atom. The summed E-state index contributed by atoms with van der Waals surface area (Å²) in [5, 5.41) is 6.83. The zero-order valence-corrected chi connectivity index (χ0v) is 20.8. The van der Waals surface area contributed by atoms with E-state index in [4.69, 9.17) is 0 Å². The SMILES string of the molecule is CCCCCCN(CC)CCNCC.CCCNCCN(CC)C(CC)CC. The van der Waals surface area contributed by atoms with E-state index in [0.29, 0.717) is 0 Å². The van der Waals surface area contributed by atoms with Crippen LogP contribution in [-0.2, 0) is 0 Å². The molecule has 0 aromatic rings. The van der Waals surface area contributed by atoms with Crippen LogP contribution in [0.2, 0.25) is 0 Å². The maximum absolute atomic E-state index is 3.46. The predicted molar refractivity (Wildman–Crippen MR) is 130 cm³/mol. The van der Waals surface area contributed by atoms with Gasteiger partial charge in [0.25, 0.3) is 0 Å². The van der Waals surface area contributed by atoms with E-state index in [1.54, 1.807) is 0 Å². The summed E-state index contributed by atoms with van der Waals surface area (Å²) < 4.78 is 0. The number of hydrogen-bond acceptors (Lipinski definition) is 4. The molecule has 0 fully saturated rings. The van der Waals surface area contributed by atoms with Crippen molar-refractivity contribution in [3.05, 3.63) is 0 Å². The zero-order valence-electron chi connectivity index (χ0n) is 20.8. The summed E-state index contributed by atoms with van der Waals surface area (Å²) in [5.74, 6) is 0. The smallest absolute Gasteiger partial charge is 0.0110 e. The Morgan fingerprint density at radius 3 is 1.79 bits per heavy atom. The Morgan fingerprint density at radius 1 is 0.607 bits per heavy atom. The molecular formula is C24H56N4. The number of nitrogens with zero attached hydrogens (tertiary/aromatic N) is 2. The van der Waals surface area contributed by atoms with Crippen molar-refractivity contribution in [2.45, 2.75) is 99.5 Å². The van der Waals surface area contributed by atoms with Crippen molar-refractivity contribution in [3.8, 4) is 0 Å². The Hall–Kier alpha value is -0.160. The van der Waals surface area contributed by atoms with Gasteiger partial charge in [-0.2, -0.15) is 0 Å². The zero-order chi connectivity index (χ0) is 21.5. The molecule has 0 atom stereocenters. The largest absolute Gasteiger partial charge is 0.316 e. The average molecular weight is 401 g/mol. The normalized spacial score (nSPS) is 11.4. The summed E-state index contributed by atoms with van der Waals surface area (Å²) in [6.07, 6.45) is 9.28. The van der Waals surface area contributed by atoms with Gasteiger partial charge < -0.3 is 15.5 Å². The highest BCUT2D eigenvalue weighted by Crippen LogP contribution is 2.07. The Kier molecular flexibility index (Phi) is 26.7. The third-order valence-electron chi connectivity index (χ3n) is 5.50. The molecule has 0 heterocycles. The predicted octanol–water partition coefficient (Wildman–Crippen LogP) is 4.99. The molecule has 0 saturated heterocycles. The molecule has 172 valence electrons. The lowest BCUT2D eigenvalue weighted by molar-refractivity contribution is 0.196. The van der Waals surface area contributed by atoms with Crippen LogP contribution in [0, 0.1) is 0 Å². The van der Waals surface area contributed by atoms with Crippen LogP contribution in [0.3, 0.4) is 0 Å². The molecule has 0 aromatic carbocycles. The monoisotopic (exact) mass is 400 g/mol. The summed E-state index contributed by atoms with van der Waals surface area (Å²) in [5.41, 5.74) is 0. The fourth-order valence-corrected chi connectivity index (χ4v) is 3.53. The van der Waals surface area contributed by atoms with Crippen LogP contribution in [0.5, 0.6) is 0 Å². The minimum Gasteiger partial charge on any atom is -0.316 e. The number of rotatable bonds is 19. The highest BCUT2D eigenvalue weighted by atomic mass is 15.2. The van der Waals surface area contributed by atoms with Gasteiger partial charge in [0, 0.05) is 32.2 Å². The van der Waals surface area contributed by atoms with E-state index < -0.39 is 0 Å². The van der Waals surface area contributed by atoms with E-state index in [2.05, 4.69) is 68.9 Å². The molecule has 28 heavy (non-hydrogen) atoms. The second-order valence-electron chi connectivity index (χ2n) is 7.70. The molecule has 0 bridgehead atoms. The molecule has 0 saturated carbocycles. The van der Waals surface area contributed by atoms with E-state index >= 15 is 0 Å². The average Bonchev–Trinajstić information content (AvgIpc) is 2.72. The van der Waals surface area contributed by atoms with Crippen molar-refractivity contribution in [2.75, 3.05) is 58.9 Å². The lowest BCUT2D eigenvalue weighted by Crippen LogP contribution is -2.39. The summed E-state index contributed by atoms with van der Waals surface area (Å²) in [6, 6.07) is 0.781. The number of nitrogens with one attached hydrogen (secondary N) is 2. The van der Waals surface area contributed by atoms with Crippen molar-refractivity contribution in [3.63, 3.8) is 0 Å². The first-order chi connectivity index (χ1) is 13.6. The molecule has 0 aliphatic rings. The molecular weight excluding hydrogens is 344 g/mol. The van der Waals surface area contributed by atoms with Crippen LogP contribution < -0.4 is 10.6 Å². The van der Waals surface area contributed by atoms with E-state index in [1.807, 2.05) is 0 Å². The fourth-order valence-electron chi connectivity index (χ4n) is 3.53. The minimum absolute atomic E-state index is 0.781. The summed E-state index contributed by atoms with van der Waals surface area (Å²) in [4.78, 5) is 5.13. The summed E-state index contributed by atoms with van der Waals surface area (Å²) in [6.45, 7) is 26.3. The highest BCUT2D eigenvalue weighted by Gasteiger charge is 2.11. The van der Waals surface area contributed by atoms with Crippen molar-refractivity contribution in [2.24, 2.45) is 0 Å². The van der Waals surface area contributed by atoms with Crippen molar-refractivity contribution in [1.29, 1.82) is 0 Å². The van der Waals surface area contributed by atoms with E-state index in [9.17, 15) is 0 Å². The van der Waals surface area contributed by atoms with Crippen LogP contribution in [-0.4, -0.2) is 74.7 Å². The molecule has 0 rings (SSSR count). The molecule has 0 aliphatic carbocycles. The Labute approximate surface area is 179 Å². The van der Waals surface area contributed by atoms with Crippen LogP contribution >= 0.6 is 0 Å². The second-order valence-corrected chi connectivity index (χ2v) is 7.70. The molecule has 0 unspecified atom stereocenters.